The smallest absolute Gasteiger partial charge is 0.465 e. The number of benzene rings is 2. The SMILES string of the molecule is NS(=O)(=O)c1ccc(N[C@@H](CCN2CCN(C(=O)O)CC2)CSc2ccccc2)c(S(=O)(=O)C(F)(F)F)c1. The Labute approximate surface area is 223 Å². The Balaban J connectivity index is 1.87. The summed E-state index contributed by atoms with van der Waals surface area (Å²) >= 11 is 1.41. The summed E-state index contributed by atoms with van der Waals surface area (Å²) in [6, 6.07) is 11.0. The number of halogens is 3. The molecule has 210 valence electrons. The van der Waals surface area contributed by atoms with Gasteiger partial charge in [-0.1, -0.05) is 18.2 Å². The molecule has 1 atom stereocenters. The van der Waals surface area contributed by atoms with E-state index in [2.05, 4.69) is 5.32 Å². The van der Waals surface area contributed by atoms with Gasteiger partial charge in [0.25, 0.3) is 9.84 Å². The Morgan fingerprint density at radius 2 is 1.68 bits per heavy atom. The first kappa shape index (κ1) is 30.0. The number of anilines is 1. The number of nitrogens with two attached hydrogens (primary N) is 1. The highest BCUT2D eigenvalue weighted by Crippen LogP contribution is 2.36. The zero-order chi connectivity index (χ0) is 28.1. The van der Waals surface area contributed by atoms with Crippen molar-refractivity contribution in [2.24, 2.45) is 5.14 Å². The zero-order valence-electron chi connectivity index (χ0n) is 20.0. The lowest BCUT2D eigenvalue weighted by molar-refractivity contribution is -0.0435. The topological polar surface area (TPSA) is 150 Å². The number of amides is 1. The molecule has 4 N–H and O–H groups in total. The van der Waals surface area contributed by atoms with Crippen molar-refractivity contribution in [3.05, 3.63) is 48.5 Å². The van der Waals surface area contributed by atoms with Crippen LogP contribution in [-0.2, 0) is 19.9 Å². The van der Waals surface area contributed by atoms with Gasteiger partial charge in [-0.15, -0.1) is 11.8 Å². The number of primary sulfonamides is 1. The Hall–Kier alpha value is -2.53. The number of alkyl halides is 3. The number of carboxylic acid groups (broad SMARTS) is 1. The number of nitrogens with zero attached hydrogens (tertiary/aromatic N) is 2. The number of carbonyl (C=O) groups is 1. The summed E-state index contributed by atoms with van der Waals surface area (Å²) < 4.78 is 88.5. The first-order valence-corrected chi connectivity index (χ1v) is 15.3. The molecule has 1 amide bonds. The number of hydrogen-bond acceptors (Lipinski definition) is 8. The maximum Gasteiger partial charge on any atom is 0.501 e. The third-order valence-electron chi connectivity index (χ3n) is 5.87. The molecular formula is C22H27F3N4O6S3. The molecule has 1 heterocycles. The quantitative estimate of drug-likeness (QED) is 0.352. The van der Waals surface area contributed by atoms with E-state index in [1.807, 2.05) is 35.2 Å². The van der Waals surface area contributed by atoms with Gasteiger partial charge in [0.2, 0.25) is 10.0 Å². The van der Waals surface area contributed by atoms with Gasteiger partial charge in [-0.05, 0) is 36.8 Å². The molecule has 0 unspecified atom stereocenters. The first-order valence-electron chi connectivity index (χ1n) is 11.3. The van der Waals surface area contributed by atoms with Crippen molar-refractivity contribution in [2.45, 2.75) is 32.7 Å². The number of sulfone groups is 1. The second kappa shape index (κ2) is 12.1. The van der Waals surface area contributed by atoms with Gasteiger partial charge in [0, 0.05) is 49.4 Å². The molecule has 1 aliphatic heterocycles. The van der Waals surface area contributed by atoms with Crippen molar-refractivity contribution in [1.29, 1.82) is 0 Å². The Morgan fingerprint density at radius 1 is 1.05 bits per heavy atom. The largest absolute Gasteiger partial charge is 0.501 e. The van der Waals surface area contributed by atoms with Gasteiger partial charge in [-0.2, -0.15) is 13.2 Å². The van der Waals surface area contributed by atoms with Crippen LogP contribution in [0.25, 0.3) is 0 Å². The minimum Gasteiger partial charge on any atom is -0.465 e. The fraction of sp³-hybridized carbons (Fsp3) is 0.409. The number of piperazine rings is 1. The predicted octanol–water partition coefficient (Wildman–Crippen LogP) is 2.89. The minimum absolute atomic E-state index is 0.315. The number of hydrogen-bond donors (Lipinski definition) is 3. The molecular weight excluding hydrogens is 569 g/mol. The Bertz CT molecular complexity index is 1330. The van der Waals surface area contributed by atoms with Gasteiger partial charge in [-0.25, -0.2) is 26.8 Å². The summed E-state index contributed by atoms with van der Waals surface area (Å²) in [6.45, 7) is 2.05. The van der Waals surface area contributed by atoms with E-state index in [0.29, 0.717) is 51.0 Å². The van der Waals surface area contributed by atoms with Crippen LogP contribution in [0.1, 0.15) is 6.42 Å². The number of thioether (sulfide) groups is 1. The van der Waals surface area contributed by atoms with Crippen LogP contribution in [0, 0.1) is 0 Å². The van der Waals surface area contributed by atoms with E-state index in [-0.39, 0.29) is 0 Å². The van der Waals surface area contributed by atoms with Gasteiger partial charge >= 0.3 is 11.6 Å². The summed E-state index contributed by atoms with van der Waals surface area (Å²) in [4.78, 5) is 13.3. The fourth-order valence-electron chi connectivity index (χ4n) is 3.78. The summed E-state index contributed by atoms with van der Waals surface area (Å²) in [5.41, 5.74) is -6.07. The number of rotatable bonds is 10. The molecule has 16 heteroatoms. The highest BCUT2D eigenvalue weighted by molar-refractivity contribution is 7.99. The molecule has 0 radical (unpaired) electrons. The van der Waals surface area contributed by atoms with Crippen LogP contribution in [0.5, 0.6) is 0 Å². The lowest BCUT2D eigenvalue weighted by Gasteiger charge is -2.34. The average Bonchev–Trinajstić information content (AvgIpc) is 2.85. The maximum absolute atomic E-state index is 13.5. The van der Waals surface area contributed by atoms with E-state index in [0.717, 1.165) is 17.0 Å². The maximum atomic E-state index is 13.5. The molecule has 0 aliphatic carbocycles. The standard InChI is InChI=1S/C22H27F3N4O6S3/c23-22(24,25)37(32,33)20-14-18(38(26,34)35)6-7-19(20)27-16(15-36-17-4-2-1-3-5-17)8-9-28-10-12-29(13-11-28)21(30)31/h1-7,14,16,27H,8-13,15H2,(H,30,31)(H2,26,34,35)/t16-/m0/s1. The van der Waals surface area contributed by atoms with Gasteiger partial charge in [-0.3, -0.25) is 4.90 Å². The predicted molar refractivity (Wildman–Crippen MR) is 136 cm³/mol. The number of nitrogens with one attached hydrogen (secondary N) is 1. The van der Waals surface area contributed by atoms with Crippen molar-refractivity contribution in [3.63, 3.8) is 0 Å². The van der Waals surface area contributed by atoms with E-state index < -0.39 is 53.0 Å². The van der Waals surface area contributed by atoms with Gasteiger partial charge in [0.05, 0.1) is 10.6 Å². The lowest BCUT2D eigenvalue weighted by atomic mass is 10.2. The van der Waals surface area contributed by atoms with E-state index in [1.165, 1.54) is 16.7 Å². The highest BCUT2D eigenvalue weighted by Gasteiger charge is 2.48. The van der Waals surface area contributed by atoms with Crippen molar-refractivity contribution < 1.29 is 39.9 Å². The third kappa shape index (κ3) is 7.75. The summed E-state index contributed by atoms with van der Waals surface area (Å²) in [5, 5.41) is 17.0. The van der Waals surface area contributed by atoms with E-state index in [1.54, 1.807) is 0 Å². The van der Waals surface area contributed by atoms with Crippen LogP contribution in [-0.4, -0.2) is 87.9 Å². The first-order chi connectivity index (χ1) is 17.7. The van der Waals surface area contributed by atoms with Crippen LogP contribution in [0.15, 0.2) is 63.2 Å². The van der Waals surface area contributed by atoms with Crippen molar-refractivity contribution in [3.8, 4) is 0 Å². The zero-order valence-corrected chi connectivity index (χ0v) is 22.4. The Kier molecular flexibility index (Phi) is 9.57. The van der Waals surface area contributed by atoms with Crippen molar-refractivity contribution in [2.75, 3.05) is 43.8 Å². The van der Waals surface area contributed by atoms with Gasteiger partial charge in [0.15, 0.2) is 0 Å². The molecule has 10 nitrogen and oxygen atoms in total. The molecule has 0 bridgehead atoms. The molecule has 1 saturated heterocycles. The summed E-state index contributed by atoms with van der Waals surface area (Å²) in [7, 11) is -10.4. The number of sulfonamides is 1. The van der Waals surface area contributed by atoms with Crippen LogP contribution >= 0.6 is 11.8 Å². The van der Waals surface area contributed by atoms with Crippen LogP contribution in [0.2, 0.25) is 0 Å². The third-order valence-corrected chi connectivity index (χ3v) is 9.48. The molecule has 2 aromatic rings. The van der Waals surface area contributed by atoms with E-state index in [4.69, 9.17) is 10.2 Å². The molecule has 0 aromatic heterocycles. The summed E-state index contributed by atoms with van der Waals surface area (Å²) in [5.74, 6) is 0.349. The fourth-order valence-corrected chi connectivity index (χ4v) is 6.33. The van der Waals surface area contributed by atoms with E-state index in [9.17, 15) is 34.8 Å². The van der Waals surface area contributed by atoms with Gasteiger partial charge < -0.3 is 15.3 Å². The average molecular weight is 597 g/mol. The normalized spacial score (nSPS) is 16.3. The van der Waals surface area contributed by atoms with Gasteiger partial charge in [0.1, 0.15) is 4.90 Å². The highest BCUT2D eigenvalue weighted by atomic mass is 32.2. The monoisotopic (exact) mass is 596 g/mol. The molecule has 38 heavy (non-hydrogen) atoms. The van der Waals surface area contributed by atoms with E-state index >= 15 is 0 Å². The second-order valence-corrected chi connectivity index (χ2v) is 13.1. The molecule has 1 fully saturated rings. The van der Waals surface area contributed by atoms with Crippen LogP contribution in [0.4, 0.5) is 23.7 Å². The Morgan fingerprint density at radius 3 is 2.24 bits per heavy atom. The molecule has 3 rings (SSSR count). The van der Waals surface area contributed by atoms with Crippen LogP contribution in [0.3, 0.4) is 0 Å². The van der Waals surface area contributed by atoms with Crippen LogP contribution < -0.4 is 10.5 Å². The molecule has 2 aromatic carbocycles. The lowest BCUT2D eigenvalue weighted by Crippen LogP contribution is -2.49. The van der Waals surface area contributed by atoms with Crippen molar-refractivity contribution in [1.82, 2.24) is 9.80 Å². The summed E-state index contributed by atoms with van der Waals surface area (Å²) in [6.07, 6.45) is -0.625. The molecule has 1 aliphatic rings. The van der Waals surface area contributed by atoms with Crippen molar-refractivity contribution >= 4 is 43.4 Å². The second-order valence-electron chi connectivity index (χ2n) is 8.52. The molecule has 0 saturated carbocycles. The molecule has 0 spiro atoms. The minimum atomic E-state index is -5.91.